The summed E-state index contributed by atoms with van der Waals surface area (Å²) in [5.41, 5.74) is 6.54. The third-order valence-corrected chi connectivity index (χ3v) is 14.5. The molecule has 0 amide bonds. The highest BCUT2D eigenvalue weighted by molar-refractivity contribution is 7.91. The molecule has 8 aromatic carbocycles. The molecule has 0 saturated carbocycles. The lowest BCUT2D eigenvalue weighted by molar-refractivity contribution is 0.594. The molecule has 0 fully saturated rings. The number of benzene rings is 8. The molecule has 274 valence electrons. The van der Waals surface area contributed by atoms with Crippen LogP contribution in [0, 0.1) is 0 Å². The van der Waals surface area contributed by atoms with Crippen molar-refractivity contribution in [3.05, 3.63) is 182 Å². The minimum atomic E-state index is -3.92. The van der Waals surface area contributed by atoms with Crippen molar-refractivity contribution in [3.63, 3.8) is 0 Å². The van der Waals surface area contributed by atoms with Crippen LogP contribution >= 0.6 is 0 Å². The van der Waals surface area contributed by atoms with E-state index in [1.165, 1.54) is 12.1 Å². The third kappa shape index (κ3) is 5.02. The normalized spacial score (nSPS) is 12.5. The van der Waals surface area contributed by atoms with Gasteiger partial charge in [-0.3, -0.25) is 0 Å². The Labute approximate surface area is 327 Å². The number of furan rings is 1. The van der Waals surface area contributed by atoms with Crippen molar-refractivity contribution in [2.24, 2.45) is 0 Å². The van der Waals surface area contributed by atoms with Crippen molar-refractivity contribution >= 4 is 85.2 Å². The van der Waals surface area contributed by atoms with Gasteiger partial charge in [-0.2, -0.15) is 0 Å². The number of rotatable bonds is 6. The van der Waals surface area contributed by atoms with Crippen LogP contribution in [-0.2, 0) is 19.7 Å². The molecule has 9 heteroatoms. The van der Waals surface area contributed by atoms with Crippen LogP contribution in [0.1, 0.15) is 0 Å². The smallest absolute Gasteiger partial charge is 0.206 e. The molecule has 11 rings (SSSR count). The summed E-state index contributed by atoms with van der Waals surface area (Å²) >= 11 is 0. The monoisotopic (exact) mass is 778 g/mol. The first-order valence-electron chi connectivity index (χ1n) is 18.4. The number of para-hydroxylation sites is 4. The van der Waals surface area contributed by atoms with Gasteiger partial charge in [-0.1, -0.05) is 72.8 Å². The summed E-state index contributed by atoms with van der Waals surface area (Å²) in [5.74, 6) is 0. The summed E-state index contributed by atoms with van der Waals surface area (Å²) in [5, 5.41) is 5.87. The van der Waals surface area contributed by atoms with Crippen LogP contribution in [0.4, 0.5) is 0 Å². The van der Waals surface area contributed by atoms with Gasteiger partial charge in [0.05, 0.1) is 41.6 Å². The molecule has 0 aliphatic rings. The minimum absolute atomic E-state index is 0.0786. The van der Waals surface area contributed by atoms with Crippen molar-refractivity contribution in [2.75, 3.05) is 0 Å². The van der Waals surface area contributed by atoms with Crippen molar-refractivity contribution in [1.29, 1.82) is 0 Å². The van der Waals surface area contributed by atoms with Gasteiger partial charge >= 0.3 is 0 Å². The molecule has 0 unspecified atom stereocenters. The molecule has 3 heterocycles. The highest BCUT2D eigenvalue weighted by atomic mass is 32.2. The summed E-state index contributed by atoms with van der Waals surface area (Å²) < 4.78 is 66.3. The van der Waals surface area contributed by atoms with E-state index in [2.05, 4.69) is 57.7 Å². The van der Waals surface area contributed by atoms with Gasteiger partial charge in [0.2, 0.25) is 19.7 Å². The molecule has 3 aromatic heterocycles. The van der Waals surface area contributed by atoms with Gasteiger partial charge in [-0.25, -0.2) is 16.8 Å². The Balaban J connectivity index is 0.911. The Morgan fingerprint density at radius 3 is 0.947 bits per heavy atom. The number of hydrogen-bond acceptors (Lipinski definition) is 5. The molecule has 7 nitrogen and oxygen atoms in total. The Morgan fingerprint density at radius 2 is 0.614 bits per heavy atom. The zero-order valence-electron chi connectivity index (χ0n) is 30.1. The number of nitrogens with zero attached hydrogens (tertiary/aromatic N) is 2. The molecule has 11 aromatic rings. The second-order valence-electron chi connectivity index (χ2n) is 14.2. The third-order valence-electron chi connectivity index (χ3n) is 11.0. The van der Waals surface area contributed by atoms with Crippen LogP contribution in [0.15, 0.2) is 206 Å². The predicted molar refractivity (Wildman–Crippen MR) is 226 cm³/mol. The maximum Gasteiger partial charge on any atom is 0.206 e. The van der Waals surface area contributed by atoms with Crippen molar-refractivity contribution in [2.45, 2.75) is 19.6 Å². The first-order chi connectivity index (χ1) is 27.8. The van der Waals surface area contributed by atoms with Crippen molar-refractivity contribution in [3.8, 4) is 11.4 Å². The van der Waals surface area contributed by atoms with Gasteiger partial charge in [0.15, 0.2) is 0 Å². The molecular weight excluding hydrogens is 749 g/mol. The van der Waals surface area contributed by atoms with E-state index in [1.807, 2.05) is 72.8 Å². The molecule has 0 aliphatic heterocycles. The van der Waals surface area contributed by atoms with Crippen LogP contribution in [-0.4, -0.2) is 26.0 Å². The number of hydrogen-bond donors (Lipinski definition) is 0. The van der Waals surface area contributed by atoms with Crippen LogP contribution < -0.4 is 0 Å². The predicted octanol–water partition coefficient (Wildman–Crippen LogP) is 11.4. The molecular formula is C48H30N2O5S2. The molecule has 0 saturated heterocycles. The van der Waals surface area contributed by atoms with Gasteiger partial charge in [-0.15, -0.1) is 0 Å². The molecule has 0 N–H and O–H groups in total. The summed E-state index contributed by atoms with van der Waals surface area (Å²) in [6, 6.07) is 56.0. The van der Waals surface area contributed by atoms with E-state index in [1.54, 1.807) is 48.5 Å². The number of aromatic nitrogens is 2. The average Bonchev–Trinajstić information content (AvgIpc) is 3.91. The van der Waals surface area contributed by atoms with Gasteiger partial charge < -0.3 is 13.6 Å². The fraction of sp³-hybridized carbons (Fsp3) is 0. The average molecular weight is 779 g/mol. The zero-order chi connectivity index (χ0) is 38.5. The van der Waals surface area contributed by atoms with E-state index in [0.29, 0.717) is 21.9 Å². The van der Waals surface area contributed by atoms with E-state index in [4.69, 9.17) is 4.42 Å². The number of sulfone groups is 2. The van der Waals surface area contributed by atoms with Gasteiger partial charge in [-0.05, 0) is 97.1 Å². The lowest BCUT2D eigenvalue weighted by Crippen LogP contribution is -2.02. The fourth-order valence-electron chi connectivity index (χ4n) is 8.29. The Bertz CT molecular complexity index is 3310. The summed E-state index contributed by atoms with van der Waals surface area (Å²) in [4.78, 5) is 0.463. The Kier molecular flexibility index (Phi) is 7.20. The van der Waals surface area contributed by atoms with Crippen LogP contribution in [0.3, 0.4) is 0 Å². The molecule has 0 radical (unpaired) electrons. The van der Waals surface area contributed by atoms with Crippen molar-refractivity contribution in [1.82, 2.24) is 9.13 Å². The summed E-state index contributed by atoms with van der Waals surface area (Å²) in [7, 11) is -7.83. The highest BCUT2D eigenvalue weighted by Gasteiger charge is 2.23. The summed E-state index contributed by atoms with van der Waals surface area (Å²) in [6.45, 7) is 0. The highest BCUT2D eigenvalue weighted by Crippen LogP contribution is 2.37. The minimum Gasteiger partial charge on any atom is -0.456 e. The molecule has 0 spiro atoms. The lowest BCUT2D eigenvalue weighted by atomic mass is 10.1. The molecule has 57 heavy (non-hydrogen) atoms. The maximum absolute atomic E-state index is 14.0. The van der Waals surface area contributed by atoms with Gasteiger partial charge in [0.1, 0.15) is 11.2 Å². The molecule has 0 aliphatic carbocycles. The molecule has 0 atom stereocenters. The van der Waals surface area contributed by atoms with Crippen molar-refractivity contribution < 1.29 is 21.3 Å². The number of fused-ring (bicyclic) bond motifs is 9. The maximum atomic E-state index is 14.0. The standard InChI is InChI=1S/C48H30N2O5S2/c51-56(52,33-21-17-31(18-22-33)49-43-13-5-1-9-37(43)38-10-2-6-14-44(38)49)35-25-27-41-42-28-26-36(30-48(42)55-47(41)29-35)57(53,54)34-23-19-32(20-24-34)50-45-15-7-3-11-39(45)40-12-4-8-16-46(40)50/h1-30H. The zero-order valence-corrected chi connectivity index (χ0v) is 31.7. The van der Waals surface area contributed by atoms with E-state index in [0.717, 1.165) is 55.0 Å². The van der Waals surface area contributed by atoms with E-state index >= 15 is 0 Å². The first-order valence-corrected chi connectivity index (χ1v) is 21.4. The topological polar surface area (TPSA) is 91.3 Å². The van der Waals surface area contributed by atoms with E-state index in [9.17, 15) is 16.8 Å². The second-order valence-corrected chi connectivity index (χ2v) is 18.1. The van der Waals surface area contributed by atoms with E-state index in [-0.39, 0.29) is 19.6 Å². The lowest BCUT2D eigenvalue weighted by Gasteiger charge is -2.10. The second kappa shape index (κ2) is 12.3. The fourth-order valence-corrected chi connectivity index (χ4v) is 10.8. The van der Waals surface area contributed by atoms with Gasteiger partial charge in [0.25, 0.3) is 0 Å². The SMILES string of the molecule is O=S(=O)(c1ccc(-n2c3ccccc3c3ccccc32)cc1)c1ccc2c(c1)oc1cc(S(=O)(=O)c3ccc(-n4c5ccccc5c5ccccc54)cc3)ccc12. The Morgan fingerprint density at radius 1 is 0.316 bits per heavy atom. The van der Waals surface area contributed by atoms with Crippen LogP contribution in [0.2, 0.25) is 0 Å². The first kappa shape index (κ1) is 33.4. The van der Waals surface area contributed by atoms with Crippen LogP contribution in [0.25, 0.3) is 76.9 Å². The summed E-state index contributed by atoms with van der Waals surface area (Å²) in [6.07, 6.45) is 0. The van der Waals surface area contributed by atoms with Crippen LogP contribution in [0.5, 0.6) is 0 Å². The van der Waals surface area contributed by atoms with Gasteiger partial charge in [0, 0.05) is 55.8 Å². The molecule has 0 bridgehead atoms. The quantitative estimate of drug-likeness (QED) is 0.168. The Hall–Kier alpha value is -6.94. The largest absolute Gasteiger partial charge is 0.456 e. The van der Waals surface area contributed by atoms with E-state index < -0.39 is 19.7 Å².